The van der Waals surface area contributed by atoms with Crippen LogP contribution < -0.4 is 11.1 Å². The summed E-state index contributed by atoms with van der Waals surface area (Å²) >= 11 is 1.12. The summed E-state index contributed by atoms with van der Waals surface area (Å²) in [7, 11) is 1.26. The molecule has 4 N–H and O–H groups in total. The Morgan fingerprint density at radius 2 is 2.39 bits per heavy atom. The summed E-state index contributed by atoms with van der Waals surface area (Å²) in [6.07, 6.45) is 0. The van der Waals surface area contributed by atoms with Crippen LogP contribution in [0.1, 0.15) is 5.69 Å². The van der Waals surface area contributed by atoms with Crippen molar-refractivity contribution in [3.8, 4) is 0 Å². The van der Waals surface area contributed by atoms with E-state index >= 15 is 0 Å². The second kappa shape index (κ2) is 7.02. The van der Waals surface area contributed by atoms with Crippen molar-refractivity contribution >= 4 is 40.0 Å². The highest BCUT2D eigenvalue weighted by atomic mass is 32.1. The monoisotopic (exact) mass is 343 g/mol. The summed E-state index contributed by atoms with van der Waals surface area (Å²) in [6.45, 7) is -0.613. The number of rotatable bonds is 7. The molecule has 124 valence electrons. The zero-order chi connectivity index (χ0) is 17.0. The Kier molecular flexibility index (Phi) is 5.08. The Morgan fingerprint density at radius 1 is 1.65 bits per heavy atom. The van der Waals surface area contributed by atoms with E-state index in [4.69, 9.17) is 15.7 Å². The molecule has 0 radical (unpaired) electrons. The molecule has 0 saturated carbocycles. The molecule has 1 aliphatic rings. The zero-order valence-corrected chi connectivity index (χ0v) is 12.7. The number of hydrogen-bond donors (Lipinski definition) is 3. The van der Waals surface area contributed by atoms with Crippen molar-refractivity contribution in [2.24, 2.45) is 5.16 Å². The van der Waals surface area contributed by atoms with Gasteiger partial charge in [0.05, 0.1) is 6.54 Å². The van der Waals surface area contributed by atoms with Crippen LogP contribution in [0.25, 0.3) is 0 Å². The number of amides is 2. The Morgan fingerprint density at radius 3 is 2.91 bits per heavy atom. The molecule has 1 aromatic rings. The summed E-state index contributed by atoms with van der Waals surface area (Å²) in [4.78, 5) is 47.5. The average Bonchev–Trinajstić information content (AvgIpc) is 2.92. The first-order valence-electron chi connectivity index (χ1n) is 6.22. The van der Waals surface area contributed by atoms with Crippen molar-refractivity contribution in [3.05, 3.63) is 11.1 Å². The predicted octanol–water partition coefficient (Wildman–Crippen LogP) is -1.58. The summed E-state index contributed by atoms with van der Waals surface area (Å²) in [5.74, 6) is -2.44. The molecule has 2 heterocycles. The number of carboxylic acids is 1. The van der Waals surface area contributed by atoms with Crippen molar-refractivity contribution in [1.82, 2.24) is 15.4 Å². The van der Waals surface area contributed by atoms with E-state index in [-0.39, 0.29) is 23.1 Å². The first kappa shape index (κ1) is 16.6. The Labute approximate surface area is 133 Å². The van der Waals surface area contributed by atoms with Crippen molar-refractivity contribution < 1.29 is 29.2 Å². The van der Waals surface area contributed by atoms with Crippen LogP contribution in [-0.2, 0) is 24.1 Å². The quantitative estimate of drug-likeness (QED) is 0.304. The molecule has 12 heteroatoms. The topological polar surface area (TPSA) is 156 Å². The lowest BCUT2D eigenvalue weighted by molar-refractivity contribution is -0.216. The number of oxime groups is 1. The number of nitrogens with two attached hydrogens (primary N) is 1. The molecule has 1 aliphatic heterocycles. The zero-order valence-electron chi connectivity index (χ0n) is 11.9. The summed E-state index contributed by atoms with van der Waals surface area (Å²) in [6, 6.07) is -0.839. The van der Waals surface area contributed by atoms with Crippen LogP contribution in [0.3, 0.4) is 0 Å². The first-order chi connectivity index (χ1) is 10.9. The number of anilines is 1. The van der Waals surface area contributed by atoms with Gasteiger partial charge in [0.1, 0.15) is 18.8 Å². The molecule has 11 nitrogen and oxygen atoms in total. The largest absolute Gasteiger partial charge is 0.479 e. The first-order valence-corrected chi connectivity index (χ1v) is 7.09. The van der Waals surface area contributed by atoms with Gasteiger partial charge in [-0.2, -0.15) is 0 Å². The predicted molar refractivity (Wildman–Crippen MR) is 77.3 cm³/mol. The second-order valence-corrected chi connectivity index (χ2v) is 5.18. The molecule has 23 heavy (non-hydrogen) atoms. The molecule has 0 spiro atoms. The molecule has 2 rings (SSSR count). The molecular weight excluding hydrogens is 330 g/mol. The number of hydrogen-bond acceptors (Lipinski definition) is 9. The number of thiazole rings is 1. The van der Waals surface area contributed by atoms with Gasteiger partial charge in [-0.1, -0.05) is 5.16 Å². The molecule has 1 fully saturated rings. The van der Waals surface area contributed by atoms with Gasteiger partial charge < -0.3 is 21.0 Å². The summed E-state index contributed by atoms with van der Waals surface area (Å²) < 4.78 is 0. The Bertz CT molecular complexity index is 659. The van der Waals surface area contributed by atoms with Crippen LogP contribution >= 0.6 is 11.3 Å². The maximum Gasteiger partial charge on any atom is 0.332 e. The number of carbonyl (C=O) groups is 3. The highest BCUT2D eigenvalue weighted by Gasteiger charge is 2.40. The van der Waals surface area contributed by atoms with Crippen LogP contribution in [0.2, 0.25) is 0 Å². The van der Waals surface area contributed by atoms with Crippen molar-refractivity contribution in [2.45, 2.75) is 6.04 Å². The highest BCUT2D eigenvalue weighted by molar-refractivity contribution is 7.13. The van der Waals surface area contributed by atoms with E-state index in [1.54, 1.807) is 0 Å². The lowest BCUT2D eigenvalue weighted by Crippen LogP contribution is -2.64. The number of aliphatic carboxylic acids is 1. The van der Waals surface area contributed by atoms with Crippen molar-refractivity contribution in [3.63, 3.8) is 0 Å². The van der Waals surface area contributed by atoms with Crippen molar-refractivity contribution in [2.75, 3.05) is 26.0 Å². The van der Waals surface area contributed by atoms with E-state index in [0.29, 0.717) is 0 Å². The SMILES string of the molecule is CON=C(C(=O)N[C@@H]1CN(OCC(=O)O)C1=O)c1csc(N)n1. The molecular formula is C11H13N5O6S. The fourth-order valence-electron chi connectivity index (χ4n) is 1.67. The molecule has 0 aromatic carbocycles. The summed E-state index contributed by atoms with van der Waals surface area (Å²) in [5.41, 5.74) is 5.60. The van der Waals surface area contributed by atoms with Crippen LogP contribution in [0, 0.1) is 0 Å². The third-order valence-electron chi connectivity index (χ3n) is 2.70. The smallest absolute Gasteiger partial charge is 0.332 e. The number of nitrogen functional groups attached to an aromatic ring is 1. The standard InChI is InChI=1S/C11H13N5O6S/c1-21-15-8(6-4-23-11(12)14-6)9(19)13-5-2-16(10(5)20)22-3-7(17)18/h4-5H,2-3H2,1H3,(H2,12,14)(H,13,19)(H,17,18)/t5-/m1/s1. The number of aromatic nitrogens is 1. The number of carbonyl (C=O) groups excluding carboxylic acids is 2. The minimum Gasteiger partial charge on any atom is -0.479 e. The van der Waals surface area contributed by atoms with Gasteiger partial charge in [-0.05, 0) is 0 Å². The fraction of sp³-hybridized carbons (Fsp3) is 0.364. The maximum absolute atomic E-state index is 12.2. The number of hydroxylamine groups is 2. The van der Waals surface area contributed by atoms with Gasteiger partial charge in [0.15, 0.2) is 17.5 Å². The average molecular weight is 343 g/mol. The molecule has 0 aliphatic carbocycles. The molecule has 1 aromatic heterocycles. The van der Waals surface area contributed by atoms with E-state index in [2.05, 4.69) is 20.3 Å². The minimum atomic E-state index is -1.21. The second-order valence-electron chi connectivity index (χ2n) is 4.29. The van der Waals surface area contributed by atoms with E-state index in [1.807, 2.05) is 0 Å². The highest BCUT2D eigenvalue weighted by Crippen LogP contribution is 2.14. The van der Waals surface area contributed by atoms with Gasteiger partial charge in [-0.3, -0.25) is 14.4 Å². The van der Waals surface area contributed by atoms with Gasteiger partial charge in [-0.15, -0.1) is 11.3 Å². The number of nitrogens with zero attached hydrogens (tertiary/aromatic N) is 3. The van der Waals surface area contributed by atoms with Gasteiger partial charge in [-0.25, -0.2) is 14.8 Å². The summed E-state index contributed by atoms with van der Waals surface area (Å²) in [5, 5.41) is 17.1. The van der Waals surface area contributed by atoms with Crippen LogP contribution in [0.4, 0.5) is 5.13 Å². The van der Waals surface area contributed by atoms with Gasteiger partial charge in [0.2, 0.25) is 0 Å². The van der Waals surface area contributed by atoms with Crippen LogP contribution in [-0.4, -0.2) is 65.0 Å². The van der Waals surface area contributed by atoms with Gasteiger partial charge in [0, 0.05) is 5.38 Å². The van der Waals surface area contributed by atoms with E-state index in [0.717, 1.165) is 16.4 Å². The molecule has 1 saturated heterocycles. The molecule has 2 amide bonds. The Hall–Kier alpha value is -2.73. The van der Waals surface area contributed by atoms with E-state index in [1.165, 1.54) is 12.5 Å². The molecule has 0 unspecified atom stereocenters. The lowest BCUT2D eigenvalue weighted by Gasteiger charge is -2.36. The van der Waals surface area contributed by atoms with Crippen molar-refractivity contribution in [1.29, 1.82) is 0 Å². The maximum atomic E-state index is 12.2. The fourth-order valence-corrected chi connectivity index (χ4v) is 2.22. The third kappa shape index (κ3) is 3.92. The van der Waals surface area contributed by atoms with Crippen LogP contribution in [0.5, 0.6) is 0 Å². The number of nitrogens with one attached hydrogen (secondary N) is 1. The van der Waals surface area contributed by atoms with Gasteiger partial charge in [0.25, 0.3) is 11.8 Å². The Balaban J connectivity index is 1.95. The number of carboxylic acid groups (broad SMARTS) is 1. The normalized spacial score (nSPS) is 17.6. The van der Waals surface area contributed by atoms with E-state index in [9.17, 15) is 14.4 Å². The van der Waals surface area contributed by atoms with Gasteiger partial charge >= 0.3 is 5.97 Å². The van der Waals surface area contributed by atoms with E-state index < -0.39 is 30.4 Å². The number of β-lactam (4-membered cyclic amide) rings is 1. The molecule has 1 atom stereocenters. The molecule has 0 bridgehead atoms. The lowest BCUT2D eigenvalue weighted by atomic mass is 10.1. The third-order valence-corrected chi connectivity index (χ3v) is 3.38. The van der Waals surface area contributed by atoms with Crippen LogP contribution in [0.15, 0.2) is 10.5 Å². The minimum absolute atomic E-state index is 0.0251.